The highest BCUT2D eigenvalue weighted by Crippen LogP contribution is 2.36. The SMILES string of the molecule is Cc1nc(-c2nnn(C)c2CO)ccc1OC1CCCC(F)(C(=O)OC(C)C)C1. The van der Waals surface area contributed by atoms with Crippen molar-refractivity contribution in [2.24, 2.45) is 7.05 Å². The third kappa shape index (κ3) is 4.55. The average Bonchev–Trinajstić information content (AvgIpc) is 3.03. The number of hydrogen-bond acceptors (Lipinski definition) is 7. The quantitative estimate of drug-likeness (QED) is 0.736. The van der Waals surface area contributed by atoms with Gasteiger partial charge < -0.3 is 14.6 Å². The van der Waals surface area contributed by atoms with E-state index in [2.05, 4.69) is 15.3 Å². The Kier molecular flexibility index (Phi) is 6.16. The van der Waals surface area contributed by atoms with E-state index in [1.807, 2.05) is 0 Å². The summed E-state index contributed by atoms with van der Waals surface area (Å²) in [6.07, 6.45) is 0.493. The lowest BCUT2D eigenvalue weighted by atomic mass is 9.84. The molecule has 2 aromatic rings. The standard InChI is InChI=1S/C20H27FN4O4/c1-12(2)28-19(27)20(21)9-5-6-14(10-20)29-17-8-7-15(22-13(17)3)18-16(11-26)25(4)24-23-18/h7-8,12,14,26H,5-6,9-11H2,1-4H3. The van der Waals surface area contributed by atoms with Gasteiger partial charge in [0.2, 0.25) is 5.67 Å². The summed E-state index contributed by atoms with van der Waals surface area (Å²) in [6.45, 7) is 4.99. The van der Waals surface area contributed by atoms with Gasteiger partial charge in [0.15, 0.2) is 0 Å². The van der Waals surface area contributed by atoms with E-state index in [4.69, 9.17) is 9.47 Å². The Morgan fingerprint density at radius 3 is 2.86 bits per heavy atom. The van der Waals surface area contributed by atoms with Crippen molar-refractivity contribution in [3.63, 3.8) is 0 Å². The van der Waals surface area contributed by atoms with E-state index >= 15 is 4.39 Å². The molecule has 0 aromatic carbocycles. The van der Waals surface area contributed by atoms with Gasteiger partial charge >= 0.3 is 5.97 Å². The minimum absolute atomic E-state index is 0.0431. The first-order valence-electron chi connectivity index (χ1n) is 9.77. The third-order valence-corrected chi connectivity index (χ3v) is 5.03. The molecule has 9 heteroatoms. The van der Waals surface area contributed by atoms with Crippen LogP contribution in [0.4, 0.5) is 4.39 Å². The summed E-state index contributed by atoms with van der Waals surface area (Å²) in [7, 11) is 1.70. The van der Waals surface area contributed by atoms with Crippen LogP contribution in [0.2, 0.25) is 0 Å². The van der Waals surface area contributed by atoms with Gasteiger partial charge in [0, 0.05) is 13.5 Å². The molecule has 0 radical (unpaired) electrons. The molecule has 0 bridgehead atoms. The number of pyridine rings is 1. The summed E-state index contributed by atoms with van der Waals surface area (Å²) in [5.41, 5.74) is 0.211. The van der Waals surface area contributed by atoms with E-state index in [1.54, 1.807) is 40.0 Å². The fourth-order valence-corrected chi connectivity index (χ4v) is 3.52. The number of alkyl halides is 1. The van der Waals surface area contributed by atoms with E-state index in [1.165, 1.54) is 4.68 Å². The van der Waals surface area contributed by atoms with Gasteiger partial charge in [-0.25, -0.2) is 18.9 Å². The molecule has 2 heterocycles. The van der Waals surface area contributed by atoms with Crippen LogP contribution >= 0.6 is 0 Å². The van der Waals surface area contributed by atoms with Crippen LogP contribution in [0.1, 0.15) is 50.9 Å². The number of ether oxygens (including phenoxy) is 2. The lowest BCUT2D eigenvalue weighted by Gasteiger charge is -2.33. The topological polar surface area (TPSA) is 99.4 Å². The normalized spacial score (nSPS) is 22.0. The zero-order valence-corrected chi connectivity index (χ0v) is 17.2. The van der Waals surface area contributed by atoms with Crippen LogP contribution in [0.5, 0.6) is 5.75 Å². The third-order valence-electron chi connectivity index (χ3n) is 5.03. The number of halogens is 1. The van der Waals surface area contributed by atoms with Crippen molar-refractivity contribution in [1.82, 2.24) is 20.0 Å². The van der Waals surface area contributed by atoms with Crippen LogP contribution in [0.15, 0.2) is 12.1 Å². The maximum atomic E-state index is 15.1. The minimum atomic E-state index is -2.02. The molecule has 29 heavy (non-hydrogen) atoms. The molecule has 1 fully saturated rings. The molecule has 1 aliphatic rings. The molecule has 0 aliphatic heterocycles. The summed E-state index contributed by atoms with van der Waals surface area (Å²) in [5, 5.41) is 17.5. The molecule has 1 N–H and O–H groups in total. The summed E-state index contributed by atoms with van der Waals surface area (Å²) < 4.78 is 27.7. The Bertz CT molecular complexity index is 885. The molecule has 8 nitrogen and oxygen atoms in total. The summed E-state index contributed by atoms with van der Waals surface area (Å²) in [5.74, 6) is -0.292. The summed E-state index contributed by atoms with van der Waals surface area (Å²) in [4.78, 5) is 16.7. The van der Waals surface area contributed by atoms with Crippen molar-refractivity contribution in [1.29, 1.82) is 0 Å². The smallest absolute Gasteiger partial charge is 0.344 e. The number of carbonyl (C=O) groups excluding carboxylic acids is 1. The first-order chi connectivity index (χ1) is 13.7. The van der Waals surface area contributed by atoms with Gasteiger partial charge in [0.05, 0.1) is 29.8 Å². The van der Waals surface area contributed by atoms with Crippen LogP contribution in [0, 0.1) is 6.92 Å². The van der Waals surface area contributed by atoms with E-state index in [0.29, 0.717) is 41.4 Å². The van der Waals surface area contributed by atoms with Crippen LogP contribution in [0.25, 0.3) is 11.4 Å². The largest absolute Gasteiger partial charge is 0.488 e. The van der Waals surface area contributed by atoms with Crippen LogP contribution in [-0.2, 0) is 23.2 Å². The molecular formula is C20H27FN4O4. The number of aliphatic hydroxyl groups is 1. The molecule has 0 amide bonds. The van der Waals surface area contributed by atoms with Gasteiger partial charge in [-0.1, -0.05) is 5.21 Å². The minimum Gasteiger partial charge on any atom is -0.488 e. The number of rotatable bonds is 6. The molecule has 2 unspecified atom stereocenters. The Balaban J connectivity index is 1.74. The number of aromatic nitrogens is 4. The van der Waals surface area contributed by atoms with Gasteiger partial charge in [0.25, 0.3) is 0 Å². The van der Waals surface area contributed by atoms with Crippen molar-refractivity contribution in [2.75, 3.05) is 0 Å². The maximum Gasteiger partial charge on any atom is 0.344 e. The van der Waals surface area contributed by atoms with Crippen LogP contribution in [0.3, 0.4) is 0 Å². The maximum absolute atomic E-state index is 15.1. The highest BCUT2D eigenvalue weighted by Gasteiger charge is 2.46. The van der Waals surface area contributed by atoms with Crippen molar-refractivity contribution >= 4 is 5.97 Å². The Labute approximate surface area is 169 Å². The summed E-state index contributed by atoms with van der Waals surface area (Å²) in [6, 6.07) is 3.47. The molecule has 2 aromatic heterocycles. The van der Waals surface area contributed by atoms with E-state index in [0.717, 1.165) is 0 Å². The number of esters is 1. The van der Waals surface area contributed by atoms with E-state index in [9.17, 15) is 9.90 Å². The number of aliphatic hydroxyl groups excluding tert-OH is 1. The monoisotopic (exact) mass is 406 g/mol. The lowest BCUT2D eigenvalue weighted by Crippen LogP contribution is -2.44. The molecule has 1 saturated carbocycles. The predicted octanol–water partition coefficient (Wildman–Crippen LogP) is 2.66. The van der Waals surface area contributed by atoms with E-state index in [-0.39, 0.29) is 25.6 Å². The van der Waals surface area contributed by atoms with Gasteiger partial charge in [0.1, 0.15) is 17.5 Å². The first kappa shape index (κ1) is 21.2. The second kappa shape index (κ2) is 8.44. The fraction of sp³-hybridized carbons (Fsp3) is 0.600. The zero-order chi connectivity index (χ0) is 21.2. The first-order valence-corrected chi connectivity index (χ1v) is 9.77. The molecule has 0 spiro atoms. The molecule has 158 valence electrons. The number of nitrogens with zero attached hydrogens (tertiary/aromatic N) is 4. The van der Waals surface area contributed by atoms with Crippen molar-refractivity contribution < 1.29 is 23.8 Å². The molecule has 3 rings (SSSR count). The second-order valence-electron chi connectivity index (χ2n) is 7.70. The van der Waals surface area contributed by atoms with Gasteiger partial charge in [-0.3, -0.25) is 0 Å². The number of carbonyl (C=O) groups is 1. The molecule has 0 saturated heterocycles. The van der Waals surface area contributed by atoms with Crippen molar-refractivity contribution in [3.05, 3.63) is 23.5 Å². The van der Waals surface area contributed by atoms with Crippen molar-refractivity contribution in [2.45, 2.75) is 70.9 Å². The number of aryl methyl sites for hydroxylation is 2. The van der Waals surface area contributed by atoms with Gasteiger partial charge in [-0.05, 0) is 52.2 Å². The van der Waals surface area contributed by atoms with Crippen molar-refractivity contribution in [3.8, 4) is 17.1 Å². The van der Waals surface area contributed by atoms with Gasteiger partial charge in [-0.15, -0.1) is 5.10 Å². The second-order valence-corrected chi connectivity index (χ2v) is 7.70. The summed E-state index contributed by atoms with van der Waals surface area (Å²) >= 11 is 0. The predicted molar refractivity (Wildman–Crippen MR) is 103 cm³/mol. The lowest BCUT2D eigenvalue weighted by molar-refractivity contribution is -0.166. The molecular weight excluding hydrogens is 379 g/mol. The molecule has 1 aliphatic carbocycles. The van der Waals surface area contributed by atoms with Crippen LogP contribution in [-0.4, -0.2) is 48.9 Å². The molecule has 2 atom stereocenters. The number of hydrogen-bond donors (Lipinski definition) is 1. The van der Waals surface area contributed by atoms with Crippen LogP contribution < -0.4 is 4.74 Å². The Hall–Kier alpha value is -2.55. The average molecular weight is 406 g/mol. The highest BCUT2D eigenvalue weighted by molar-refractivity contribution is 5.79. The Morgan fingerprint density at radius 2 is 2.21 bits per heavy atom. The Morgan fingerprint density at radius 1 is 1.45 bits per heavy atom. The van der Waals surface area contributed by atoms with E-state index < -0.39 is 17.7 Å². The van der Waals surface area contributed by atoms with Gasteiger partial charge in [-0.2, -0.15) is 0 Å². The fourth-order valence-electron chi connectivity index (χ4n) is 3.52. The zero-order valence-electron chi connectivity index (χ0n) is 17.2. The highest BCUT2D eigenvalue weighted by atomic mass is 19.1.